The van der Waals surface area contributed by atoms with Crippen LogP contribution in [0.25, 0.3) is 0 Å². The van der Waals surface area contributed by atoms with E-state index in [0.717, 1.165) is 24.6 Å². The number of anilines is 2. The molecule has 0 spiro atoms. The molecule has 1 heterocycles. The summed E-state index contributed by atoms with van der Waals surface area (Å²) in [6.45, 7) is 12.6. The minimum absolute atomic E-state index is 0.385. The molecule has 1 aliphatic rings. The molecule has 0 bridgehead atoms. The maximum Gasteiger partial charge on any atom is 0.131 e. The van der Waals surface area contributed by atoms with Crippen LogP contribution >= 0.6 is 0 Å². The first-order chi connectivity index (χ1) is 9.80. The minimum Gasteiger partial charge on any atom is -0.370 e. The van der Waals surface area contributed by atoms with Crippen LogP contribution in [0.4, 0.5) is 11.6 Å². The summed E-state index contributed by atoms with van der Waals surface area (Å²) in [5, 5.41) is 6.93. The van der Waals surface area contributed by atoms with E-state index in [-0.39, 0.29) is 0 Å². The Labute approximate surface area is 129 Å². The van der Waals surface area contributed by atoms with Gasteiger partial charge >= 0.3 is 0 Å². The molecule has 1 saturated carbocycles. The topological polar surface area (TPSA) is 49.8 Å². The summed E-state index contributed by atoms with van der Waals surface area (Å²) >= 11 is 0. The minimum atomic E-state index is 0.385. The van der Waals surface area contributed by atoms with Crippen molar-refractivity contribution in [1.29, 1.82) is 0 Å². The molecule has 1 fully saturated rings. The second-order valence-corrected chi connectivity index (χ2v) is 7.97. The fraction of sp³-hybridized carbons (Fsp3) is 0.765. The number of hydrogen-bond acceptors (Lipinski definition) is 4. The lowest BCUT2D eigenvalue weighted by molar-refractivity contribution is 0.105. The lowest BCUT2D eigenvalue weighted by Crippen LogP contribution is -2.40. The predicted molar refractivity (Wildman–Crippen MR) is 89.6 cm³/mol. The average molecular weight is 290 g/mol. The van der Waals surface area contributed by atoms with Gasteiger partial charge in [-0.1, -0.05) is 34.6 Å². The first-order valence-electron chi connectivity index (χ1n) is 8.12. The molecule has 0 atom stereocenters. The molecular formula is C17H30N4. The molecule has 2 N–H and O–H groups in total. The van der Waals surface area contributed by atoms with E-state index in [9.17, 15) is 0 Å². The van der Waals surface area contributed by atoms with Crippen LogP contribution in [-0.2, 0) is 0 Å². The molecular weight excluding hydrogens is 260 g/mol. The summed E-state index contributed by atoms with van der Waals surface area (Å²) in [6.07, 6.45) is 6.40. The van der Waals surface area contributed by atoms with Gasteiger partial charge in [0.25, 0.3) is 0 Å². The molecule has 0 aliphatic heterocycles. The monoisotopic (exact) mass is 290 g/mol. The highest BCUT2D eigenvalue weighted by Gasteiger charge is 2.38. The summed E-state index contributed by atoms with van der Waals surface area (Å²) in [7, 11) is 0. The van der Waals surface area contributed by atoms with Gasteiger partial charge in [0.1, 0.15) is 18.0 Å². The van der Waals surface area contributed by atoms with Crippen molar-refractivity contribution in [1.82, 2.24) is 9.97 Å². The molecule has 1 aromatic heterocycles. The van der Waals surface area contributed by atoms with Crippen LogP contribution < -0.4 is 10.6 Å². The molecule has 21 heavy (non-hydrogen) atoms. The Hall–Kier alpha value is -1.32. The zero-order valence-corrected chi connectivity index (χ0v) is 14.2. The third-order valence-electron chi connectivity index (χ3n) is 4.13. The van der Waals surface area contributed by atoms with Crippen molar-refractivity contribution < 1.29 is 0 Å². The van der Waals surface area contributed by atoms with Gasteiger partial charge in [-0.05, 0) is 36.5 Å². The van der Waals surface area contributed by atoms with E-state index >= 15 is 0 Å². The third-order valence-corrected chi connectivity index (χ3v) is 4.13. The Morgan fingerprint density at radius 1 is 1.10 bits per heavy atom. The Kier molecular flexibility index (Phi) is 4.74. The fourth-order valence-electron chi connectivity index (χ4n) is 3.94. The molecule has 1 aliphatic carbocycles. The number of aromatic nitrogens is 2. The molecule has 2 rings (SSSR count). The quantitative estimate of drug-likeness (QED) is 0.848. The second-order valence-electron chi connectivity index (χ2n) is 7.97. The summed E-state index contributed by atoms with van der Waals surface area (Å²) in [5.74, 6) is 1.84. The summed E-state index contributed by atoms with van der Waals surface area (Å²) in [4.78, 5) is 8.64. The van der Waals surface area contributed by atoms with Gasteiger partial charge in [0.05, 0.1) is 0 Å². The Bertz CT molecular complexity index is 452. The van der Waals surface area contributed by atoms with E-state index in [1.807, 2.05) is 6.07 Å². The predicted octanol–water partition coefficient (Wildman–Crippen LogP) is 4.32. The maximum atomic E-state index is 4.37. The number of hydrogen-bond donors (Lipinski definition) is 2. The molecule has 0 aromatic carbocycles. The summed E-state index contributed by atoms with van der Waals surface area (Å²) < 4.78 is 0. The first-order valence-corrected chi connectivity index (χ1v) is 8.12. The largest absolute Gasteiger partial charge is 0.370 e. The second kappa shape index (κ2) is 6.20. The molecule has 4 nitrogen and oxygen atoms in total. The SMILES string of the molecule is CCCNc1cc(NC2CC(C)(C)CC(C)(C)C2)ncn1. The lowest BCUT2D eigenvalue weighted by atomic mass is 9.63. The van der Waals surface area contributed by atoms with Crippen molar-refractivity contribution in [3.8, 4) is 0 Å². The summed E-state index contributed by atoms with van der Waals surface area (Å²) in [5.41, 5.74) is 0.769. The van der Waals surface area contributed by atoms with Crippen LogP contribution in [0.5, 0.6) is 0 Å². The Balaban J connectivity index is 2.03. The van der Waals surface area contributed by atoms with E-state index in [1.165, 1.54) is 19.3 Å². The van der Waals surface area contributed by atoms with Gasteiger partial charge in [-0.2, -0.15) is 0 Å². The Morgan fingerprint density at radius 3 is 2.33 bits per heavy atom. The average Bonchev–Trinajstić information content (AvgIpc) is 2.33. The van der Waals surface area contributed by atoms with Gasteiger partial charge in [-0.15, -0.1) is 0 Å². The van der Waals surface area contributed by atoms with Crippen LogP contribution in [0.15, 0.2) is 12.4 Å². The van der Waals surface area contributed by atoms with E-state index < -0.39 is 0 Å². The van der Waals surface area contributed by atoms with Crippen molar-refractivity contribution in [2.24, 2.45) is 10.8 Å². The highest BCUT2D eigenvalue weighted by atomic mass is 15.1. The Morgan fingerprint density at radius 2 is 1.71 bits per heavy atom. The lowest BCUT2D eigenvalue weighted by Gasteiger charge is -2.45. The third kappa shape index (κ3) is 4.87. The highest BCUT2D eigenvalue weighted by Crippen LogP contribution is 2.46. The van der Waals surface area contributed by atoms with Gasteiger partial charge in [0.15, 0.2) is 0 Å². The van der Waals surface area contributed by atoms with Gasteiger partial charge in [-0.3, -0.25) is 0 Å². The fourth-order valence-corrected chi connectivity index (χ4v) is 3.94. The van der Waals surface area contributed by atoms with E-state index in [2.05, 4.69) is 55.2 Å². The van der Waals surface area contributed by atoms with Gasteiger partial charge in [-0.25, -0.2) is 9.97 Å². The molecule has 4 heteroatoms. The number of nitrogens with zero attached hydrogens (tertiary/aromatic N) is 2. The van der Waals surface area contributed by atoms with Crippen molar-refractivity contribution in [3.05, 3.63) is 12.4 Å². The molecule has 0 amide bonds. The van der Waals surface area contributed by atoms with Gasteiger partial charge < -0.3 is 10.6 Å². The number of nitrogens with one attached hydrogen (secondary N) is 2. The molecule has 0 radical (unpaired) electrons. The highest BCUT2D eigenvalue weighted by molar-refractivity contribution is 5.47. The van der Waals surface area contributed by atoms with Crippen LogP contribution in [0, 0.1) is 10.8 Å². The van der Waals surface area contributed by atoms with Crippen molar-refractivity contribution in [2.75, 3.05) is 17.2 Å². The maximum absolute atomic E-state index is 4.37. The first kappa shape index (κ1) is 16.1. The van der Waals surface area contributed by atoms with E-state index in [1.54, 1.807) is 6.33 Å². The molecule has 118 valence electrons. The van der Waals surface area contributed by atoms with Crippen LogP contribution in [0.2, 0.25) is 0 Å². The van der Waals surface area contributed by atoms with E-state index in [0.29, 0.717) is 16.9 Å². The van der Waals surface area contributed by atoms with Gasteiger partial charge in [0.2, 0.25) is 0 Å². The van der Waals surface area contributed by atoms with E-state index in [4.69, 9.17) is 0 Å². The molecule has 1 aromatic rings. The summed E-state index contributed by atoms with van der Waals surface area (Å²) in [6, 6.07) is 2.50. The van der Waals surface area contributed by atoms with Crippen LogP contribution in [0.3, 0.4) is 0 Å². The smallest absolute Gasteiger partial charge is 0.131 e. The zero-order valence-electron chi connectivity index (χ0n) is 14.2. The number of rotatable bonds is 5. The van der Waals surface area contributed by atoms with Crippen molar-refractivity contribution in [2.45, 2.75) is 66.3 Å². The van der Waals surface area contributed by atoms with Crippen LogP contribution in [-0.4, -0.2) is 22.6 Å². The molecule has 0 unspecified atom stereocenters. The van der Waals surface area contributed by atoms with Crippen LogP contribution in [0.1, 0.15) is 60.3 Å². The van der Waals surface area contributed by atoms with Crippen molar-refractivity contribution >= 4 is 11.6 Å². The molecule has 0 saturated heterocycles. The standard InChI is InChI=1S/C17H30N4/c1-6-7-18-14-8-15(20-12-19-14)21-13-9-16(2,3)11-17(4,5)10-13/h8,12-13H,6-7,9-11H2,1-5H3,(H2,18,19,20,21). The van der Waals surface area contributed by atoms with Gasteiger partial charge in [0, 0.05) is 18.7 Å². The van der Waals surface area contributed by atoms with Crippen molar-refractivity contribution in [3.63, 3.8) is 0 Å². The zero-order chi connectivity index (χ0) is 15.5. The normalized spacial score (nSPS) is 21.0.